The first-order chi connectivity index (χ1) is 7.24. The van der Waals surface area contributed by atoms with Gasteiger partial charge in [-0.3, -0.25) is 0 Å². The van der Waals surface area contributed by atoms with Crippen molar-refractivity contribution in [2.75, 3.05) is 11.1 Å². The summed E-state index contributed by atoms with van der Waals surface area (Å²) in [6.07, 6.45) is 0. The number of nitrogens with zero attached hydrogens (tertiary/aromatic N) is 2. The number of thiazole rings is 1. The summed E-state index contributed by atoms with van der Waals surface area (Å²) in [4.78, 5) is 8.48. The summed E-state index contributed by atoms with van der Waals surface area (Å²) in [7, 11) is 0. The van der Waals surface area contributed by atoms with Gasteiger partial charge in [-0.2, -0.15) is 0 Å². The van der Waals surface area contributed by atoms with Crippen molar-refractivity contribution in [3.05, 3.63) is 34.3 Å². The monoisotopic (exact) mass is 220 g/mol. The zero-order valence-electron chi connectivity index (χ0n) is 8.40. The van der Waals surface area contributed by atoms with E-state index in [-0.39, 0.29) is 0 Å². The second-order valence-electron chi connectivity index (χ2n) is 3.18. The molecule has 0 saturated carbocycles. The molecule has 3 N–H and O–H groups in total. The van der Waals surface area contributed by atoms with Crippen LogP contribution in [0, 0.1) is 6.92 Å². The fourth-order valence-electron chi connectivity index (χ4n) is 1.20. The summed E-state index contributed by atoms with van der Waals surface area (Å²) >= 11 is 1.64. The first-order valence-electron chi connectivity index (χ1n) is 4.61. The van der Waals surface area contributed by atoms with Crippen LogP contribution in [0.4, 0.5) is 11.6 Å². The van der Waals surface area contributed by atoms with Gasteiger partial charge in [0.05, 0.1) is 6.54 Å². The van der Waals surface area contributed by atoms with Crippen LogP contribution in [-0.2, 0) is 6.54 Å². The van der Waals surface area contributed by atoms with Crippen molar-refractivity contribution in [2.45, 2.75) is 13.5 Å². The Labute approximate surface area is 92.2 Å². The second kappa shape index (κ2) is 4.27. The van der Waals surface area contributed by atoms with Gasteiger partial charge in [0, 0.05) is 11.1 Å². The fourth-order valence-corrected chi connectivity index (χ4v) is 1.91. The van der Waals surface area contributed by atoms with E-state index in [9.17, 15) is 0 Å². The summed E-state index contributed by atoms with van der Waals surface area (Å²) in [6.45, 7) is 2.67. The summed E-state index contributed by atoms with van der Waals surface area (Å²) < 4.78 is 0. The van der Waals surface area contributed by atoms with Crippen molar-refractivity contribution in [3.63, 3.8) is 0 Å². The van der Waals surface area contributed by atoms with Gasteiger partial charge in [-0.1, -0.05) is 6.07 Å². The molecular formula is C10H12N4S. The minimum Gasteiger partial charge on any atom is -0.384 e. The smallest absolute Gasteiger partial charge is 0.128 e. The number of nitrogen functional groups attached to an aromatic ring is 1. The topological polar surface area (TPSA) is 63.8 Å². The number of nitrogens with one attached hydrogen (secondary N) is 1. The Balaban J connectivity index is 1.99. The van der Waals surface area contributed by atoms with Crippen LogP contribution >= 0.6 is 11.3 Å². The van der Waals surface area contributed by atoms with Crippen molar-refractivity contribution in [1.29, 1.82) is 0 Å². The highest BCUT2D eigenvalue weighted by atomic mass is 32.1. The lowest BCUT2D eigenvalue weighted by atomic mass is 10.4. The zero-order chi connectivity index (χ0) is 10.7. The first-order valence-corrected chi connectivity index (χ1v) is 5.49. The van der Waals surface area contributed by atoms with E-state index in [2.05, 4.69) is 15.3 Å². The summed E-state index contributed by atoms with van der Waals surface area (Å²) in [5.74, 6) is 1.30. The molecule has 4 nitrogen and oxygen atoms in total. The molecule has 0 fully saturated rings. The molecule has 0 atom stereocenters. The van der Waals surface area contributed by atoms with E-state index in [1.54, 1.807) is 17.4 Å². The lowest BCUT2D eigenvalue weighted by Crippen LogP contribution is -2.02. The molecule has 2 aromatic rings. The quantitative estimate of drug-likeness (QED) is 0.830. The maximum Gasteiger partial charge on any atom is 0.128 e. The minimum absolute atomic E-state index is 0.523. The van der Waals surface area contributed by atoms with E-state index in [1.807, 2.05) is 24.4 Å². The maximum absolute atomic E-state index is 5.57. The van der Waals surface area contributed by atoms with Crippen molar-refractivity contribution in [3.8, 4) is 0 Å². The Morgan fingerprint density at radius 2 is 2.27 bits per heavy atom. The van der Waals surface area contributed by atoms with Crippen LogP contribution < -0.4 is 11.1 Å². The molecule has 0 aliphatic carbocycles. The minimum atomic E-state index is 0.523. The molecule has 2 heterocycles. The molecule has 0 saturated heterocycles. The van der Waals surface area contributed by atoms with Gasteiger partial charge < -0.3 is 11.1 Å². The highest BCUT2D eigenvalue weighted by molar-refractivity contribution is 7.09. The number of pyridine rings is 1. The second-order valence-corrected chi connectivity index (χ2v) is 4.13. The van der Waals surface area contributed by atoms with Crippen LogP contribution in [0.5, 0.6) is 0 Å². The van der Waals surface area contributed by atoms with Gasteiger partial charge in [-0.15, -0.1) is 11.3 Å². The number of rotatable bonds is 3. The molecule has 2 aromatic heterocycles. The molecule has 2 rings (SSSR count). The molecular weight excluding hydrogens is 208 g/mol. The average molecular weight is 220 g/mol. The Bertz CT molecular complexity index is 452. The van der Waals surface area contributed by atoms with Crippen LogP contribution in [0.1, 0.15) is 10.7 Å². The average Bonchev–Trinajstić information content (AvgIpc) is 2.62. The van der Waals surface area contributed by atoms with Gasteiger partial charge in [0.25, 0.3) is 0 Å². The fraction of sp³-hybridized carbons (Fsp3) is 0.200. The molecule has 0 amide bonds. The number of hydrogen-bond donors (Lipinski definition) is 2. The molecule has 15 heavy (non-hydrogen) atoms. The van der Waals surface area contributed by atoms with Crippen molar-refractivity contribution < 1.29 is 0 Å². The number of hydrogen-bond acceptors (Lipinski definition) is 5. The predicted octanol–water partition coefficient (Wildman–Crippen LogP) is 2.04. The van der Waals surface area contributed by atoms with Gasteiger partial charge in [0.2, 0.25) is 0 Å². The molecule has 0 aliphatic rings. The van der Waals surface area contributed by atoms with E-state index in [0.717, 1.165) is 16.5 Å². The molecule has 78 valence electrons. The van der Waals surface area contributed by atoms with Crippen molar-refractivity contribution >= 4 is 23.0 Å². The third-order valence-electron chi connectivity index (χ3n) is 1.86. The summed E-state index contributed by atoms with van der Waals surface area (Å²) in [6, 6.07) is 5.52. The number of aromatic nitrogens is 2. The molecule has 0 aromatic carbocycles. The van der Waals surface area contributed by atoms with E-state index in [1.165, 1.54) is 0 Å². The van der Waals surface area contributed by atoms with Gasteiger partial charge in [0.1, 0.15) is 16.6 Å². The number of anilines is 2. The standard InChI is InChI=1S/C10H12N4S/c1-7-6-15-10(13-7)5-12-9-4-2-3-8(11)14-9/h2-4,6H,5H2,1H3,(H3,11,12,14). The Kier molecular flexibility index (Phi) is 2.82. The third kappa shape index (κ3) is 2.66. The SMILES string of the molecule is Cc1csc(CNc2cccc(N)n2)n1. The van der Waals surface area contributed by atoms with Gasteiger partial charge in [0.15, 0.2) is 0 Å². The van der Waals surface area contributed by atoms with E-state index >= 15 is 0 Å². The highest BCUT2D eigenvalue weighted by Crippen LogP contribution is 2.11. The number of nitrogens with two attached hydrogens (primary N) is 1. The molecule has 0 unspecified atom stereocenters. The van der Waals surface area contributed by atoms with Crippen LogP contribution in [0.2, 0.25) is 0 Å². The van der Waals surface area contributed by atoms with E-state index < -0.39 is 0 Å². The lowest BCUT2D eigenvalue weighted by molar-refractivity contribution is 1.06. The molecule has 0 spiro atoms. The predicted molar refractivity (Wildman–Crippen MR) is 62.8 cm³/mol. The van der Waals surface area contributed by atoms with Gasteiger partial charge in [-0.05, 0) is 19.1 Å². The Morgan fingerprint density at radius 3 is 2.93 bits per heavy atom. The van der Waals surface area contributed by atoms with Crippen LogP contribution in [0.3, 0.4) is 0 Å². The van der Waals surface area contributed by atoms with Crippen LogP contribution in [0.15, 0.2) is 23.6 Å². The largest absolute Gasteiger partial charge is 0.384 e. The van der Waals surface area contributed by atoms with E-state index in [4.69, 9.17) is 5.73 Å². The molecule has 0 aliphatic heterocycles. The van der Waals surface area contributed by atoms with E-state index in [0.29, 0.717) is 12.4 Å². The van der Waals surface area contributed by atoms with Crippen molar-refractivity contribution in [2.24, 2.45) is 0 Å². The van der Waals surface area contributed by atoms with Crippen LogP contribution in [0.25, 0.3) is 0 Å². The summed E-state index contributed by atoms with van der Waals surface area (Å²) in [5, 5.41) is 6.26. The van der Waals surface area contributed by atoms with Crippen LogP contribution in [-0.4, -0.2) is 9.97 Å². The molecule has 0 radical (unpaired) electrons. The van der Waals surface area contributed by atoms with Gasteiger partial charge in [-0.25, -0.2) is 9.97 Å². The molecule has 5 heteroatoms. The van der Waals surface area contributed by atoms with Gasteiger partial charge >= 0.3 is 0 Å². The third-order valence-corrected chi connectivity index (χ3v) is 2.82. The normalized spacial score (nSPS) is 10.2. The highest BCUT2D eigenvalue weighted by Gasteiger charge is 1.99. The Hall–Kier alpha value is -1.62. The van der Waals surface area contributed by atoms with Crippen molar-refractivity contribution in [1.82, 2.24) is 9.97 Å². The number of aryl methyl sites for hydroxylation is 1. The summed E-state index contributed by atoms with van der Waals surface area (Å²) in [5.41, 5.74) is 6.62. The lowest BCUT2D eigenvalue weighted by Gasteiger charge is -2.03. The Morgan fingerprint density at radius 1 is 1.40 bits per heavy atom. The maximum atomic E-state index is 5.57. The first kappa shape index (κ1) is 9.92. The molecule has 0 bridgehead atoms. The zero-order valence-corrected chi connectivity index (χ0v) is 9.21.